The molecule has 0 saturated carbocycles. The lowest BCUT2D eigenvalue weighted by Gasteiger charge is -2.08. The highest BCUT2D eigenvalue weighted by Gasteiger charge is 2.07. The molecule has 18 heavy (non-hydrogen) atoms. The molecule has 1 aromatic heterocycles. The molecule has 7 heteroatoms. The first-order chi connectivity index (χ1) is 8.46. The van der Waals surface area contributed by atoms with Crippen molar-refractivity contribution in [3.8, 4) is 0 Å². The van der Waals surface area contributed by atoms with Gasteiger partial charge in [-0.15, -0.1) is 0 Å². The number of sulfone groups is 1. The van der Waals surface area contributed by atoms with Crippen molar-refractivity contribution < 1.29 is 8.42 Å². The van der Waals surface area contributed by atoms with E-state index in [1.807, 2.05) is 24.3 Å². The Morgan fingerprint density at radius 3 is 2.72 bits per heavy atom. The van der Waals surface area contributed by atoms with E-state index in [4.69, 9.17) is 11.6 Å². The Kier molecular flexibility index (Phi) is 3.68. The Labute approximate surface area is 110 Å². The molecule has 0 unspecified atom stereocenters. The van der Waals surface area contributed by atoms with Crippen molar-refractivity contribution in [1.29, 1.82) is 0 Å². The van der Waals surface area contributed by atoms with Gasteiger partial charge in [-0.25, -0.2) is 18.4 Å². The first-order valence-corrected chi connectivity index (χ1v) is 7.73. The third-order valence-electron chi connectivity index (χ3n) is 2.34. The minimum atomic E-state index is -3.00. The van der Waals surface area contributed by atoms with Crippen molar-refractivity contribution in [1.82, 2.24) is 9.97 Å². The molecule has 0 saturated heterocycles. The molecule has 0 aliphatic rings. The molecule has 1 heterocycles. The summed E-state index contributed by atoms with van der Waals surface area (Å²) in [7, 11) is -3.00. The Bertz CT molecular complexity index is 673. The summed E-state index contributed by atoms with van der Waals surface area (Å²) in [5, 5.41) is 3.92. The summed E-state index contributed by atoms with van der Waals surface area (Å²) in [5.74, 6) is 0.595. The Hall–Kier alpha value is -1.40. The molecular weight excluding hydrogens is 274 g/mol. The zero-order valence-corrected chi connectivity index (χ0v) is 11.3. The van der Waals surface area contributed by atoms with Crippen LogP contribution in [0.25, 0.3) is 10.9 Å². The number of nitrogens with zero attached hydrogens (tertiary/aromatic N) is 2. The Balaban J connectivity index is 2.27. The maximum absolute atomic E-state index is 11.1. The number of para-hydroxylation sites is 1. The van der Waals surface area contributed by atoms with Gasteiger partial charge in [-0.3, -0.25) is 0 Å². The zero-order chi connectivity index (χ0) is 13.2. The van der Waals surface area contributed by atoms with E-state index in [0.29, 0.717) is 5.82 Å². The van der Waals surface area contributed by atoms with Crippen molar-refractivity contribution in [3.05, 3.63) is 29.5 Å². The van der Waals surface area contributed by atoms with Crippen LogP contribution in [0, 0.1) is 0 Å². The highest BCUT2D eigenvalue weighted by molar-refractivity contribution is 7.90. The van der Waals surface area contributed by atoms with Gasteiger partial charge >= 0.3 is 0 Å². The van der Waals surface area contributed by atoms with E-state index in [1.54, 1.807) is 0 Å². The molecule has 0 aliphatic heterocycles. The molecule has 5 nitrogen and oxygen atoms in total. The summed E-state index contributed by atoms with van der Waals surface area (Å²) < 4.78 is 22.1. The number of fused-ring (bicyclic) bond motifs is 1. The smallest absolute Gasteiger partial charge is 0.224 e. The molecule has 0 aliphatic carbocycles. The van der Waals surface area contributed by atoms with E-state index in [1.165, 1.54) is 6.26 Å². The zero-order valence-electron chi connectivity index (χ0n) is 9.72. The van der Waals surface area contributed by atoms with Crippen LogP contribution in [-0.2, 0) is 9.84 Å². The number of anilines is 1. The van der Waals surface area contributed by atoms with E-state index < -0.39 is 9.84 Å². The summed E-state index contributed by atoms with van der Waals surface area (Å²) in [6, 6.07) is 7.40. The topological polar surface area (TPSA) is 72.0 Å². The molecular formula is C11H12ClN3O2S. The van der Waals surface area contributed by atoms with Crippen molar-refractivity contribution in [2.24, 2.45) is 0 Å². The van der Waals surface area contributed by atoms with Crippen LogP contribution in [-0.4, -0.2) is 36.9 Å². The molecule has 1 N–H and O–H groups in total. The number of hydrogen-bond donors (Lipinski definition) is 1. The highest BCUT2D eigenvalue weighted by Crippen LogP contribution is 2.21. The van der Waals surface area contributed by atoms with Crippen LogP contribution in [0.4, 0.5) is 5.82 Å². The van der Waals surface area contributed by atoms with E-state index in [-0.39, 0.29) is 17.6 Å². The molecule has 2 rings (SSSR count). The van der Waals surface area contributed by atoms with Crippen LogP contribution in [0.15, 0.2) is 24.3 Å². The van der Waals surface area contributed by atoms with Gasteiger partial charge in [0.25, 0.3) is 0 Å². The SMILES string of the molecule is CS(=O)(=O)CCNc1nc(Cl)nc2ccccc12. The normalized spacial score (nSPS) is 11.7. The summed E-state index contributed by atoms with van der Waals surface area (Å²) in [6.07, 6.45) is 1.19. The van der Waals surface area contributed by atoms with Crippen LogP contribution < -0.4 is 5.32 Å². The standard InChI is InChI=1S/C11H12ClN3O2S/c1-18(16,17)7-6-13-10-8-4-2-3-5-9(8)14-11(12)15-10/h2-5H,6-7H2,1H3,(H,13,14,15). The molecule has 0 spiro atoms. The second-order valence-corrected chi connectivity index (χ2v) is 6.51. The second kappa shape index (κ2) is 5.07. The number of rotatable bonds is 4. The van der Waals surface area contributed by atoms with Gasteiger partial charge in [-0.1, -0.05) is 12.1 Å². The van der Waals surface area contributed by atoms with Crippen LogP contribution in [0.2, 0.25) is 5.28 Å². The van der Waals surface area contributed by atoms with Gasteiger partial charge in [0.1, 0.15) is 15.7 Å². The maximum Gasteiger partial charge on any atom is 0.224 e. The lowest BCUT2D eigenvalue weighted by molar-refractivity contribution is 0.602. The van der Waals surface area contributed by atoms with E-state index in [0.717, 1.165) is 10.9 Å². The monoisotopic (exact) mass is 285 g/mol. The third-order valence-corrected chi connectivity index (χ3v) is 3.46. The van der Waals surface area contributed by atoms with Crippen molar-refractivity contribution in [2.75, 3.05) is 23.9 Å². The first kappa shape index (κ1) is 13.0. The van der Waals surface area contributed by atoms with Crippen molar-refractivity contribution in [3.63, 3.8) is 0 Å². The van der Waals surface area contributed by atoms with E-state index in [2.05, 4.69) is 15.3 Å². The average molecular weight is 286 g/mol. The molecule has 0 radical (unpaired) electrons. The fourth-order valence-corrected chi connectivity index (χ4v) is 2.19. The molecule has 0 fully saturated rings. The molecule has 0 amide bonds. The van der Waals surface area contributed by atoms with Crippen molar-refractivity contribution in [2.45, 2.75) is 0 Å². The van der Waals surface area contributed by atoms with Gasteiger partial charge in [0.2, 0.25) is 5.28 Å². The number of hydrogen-bond acceptors (Lipinski definition) is 5. The second-order valence-electron chi connectivity index (χ2n) is 3.92. The number of benzene rings is 1. The number of halogens is 1. The van der Waals surface area contributed by atoms with Gasteiger partial charge in [0, 0.05) is 18.2 Å². The molecule has 0 atom stereocenters. The van der Waals surface area contributed by atoms with Gasteiger partial charge < -0.3 is 5.32 Å². The lowest BCUT2D eigenvalue weighted by atomic mass is 10.2. The molecule has 1 aromatic carbocycles. The molecule has 96 valence electrons. The van der Waals surface area contributed by atoms with Crippen molar-refractivity contribution >= 4 is 38.2 Å². The van der Waals surface area contributed by atoms with Crippen LogP contribution in [0.1, 0.15) is 0 Å². The minimum Gasteiger partial charge on any atom is -0.368 e. The summed E-state index contributed by atoms with van der Waals surface area (Å²) in [6.45, 7) is 0.288. The Morgan fingerprint density at radius 2 is 2.00 bits per heavy atom. The third kappa shape index (κ3) is 3.30. The lowest BCUT2D eigenvalue weighted by Crippen LogP contribution is -2.15. The van der Waals surface area contributed by atoms with E-state index in [9.17, 15) is 8.42 Å². The minimum absolute atomic E-state index is 0.0446. The van der Waals surface area contributed by atoms with Gasteiger partial charge in [0.15, 0.2) is 0 Å². The predicted molar refractivity (Wildman–Crippen MR) is 72.7 cm³/mol. The van der Waals surface area contributed by atoms with Gasteiger partial charge in [-0.05, 0) is 23.7 Å². The van der Waals surface area contributed by atoms with E-state index >= 15 is 0 Å². The molecule has 2 aromatic rings. The summed E-state index contributed by atoms with van der Waals surface area (Å²) in [4.78, 5) is 8.16. The average Bonchev–Trinajstić information content (AvgIpc) is 2.27. The first-order valence-electron chi connectivity index (χ1n) is 5.29. The predicted octanol–water partition coefficient (Wildman–Crippen LogP) is 1.74. The van der Waals surface area contributed by atoms with Gasteiger partial charge in [-0.2, -0.15) is 0 Å². The highest BCUT2D eigenvalue weighted by atomic mass is 35.5. The summed E-state index contributed by atoms with van der Waals surface area (Å²) in [5.41, 5.74) is 0.722. The van der Waals surface area contributed by atoms with Crippen LogP contribution >= 0.6 is 11.6 Å². The largest absolute Gasteiger partial charge is 0.368 e. The number of nitrogens with one attached hydrogen (secondary N) is 1. The number of aromatic nitrogens is 2. The Morgan fingerprint density at radius 1 is 1.28 bits per heavy atom. The van der Waals surface area contributed by atoms with Crippen LogP contribution in [0.3, 0.4) is 0 Å². The fourth-order valence-electron chi connectivity index (χ4n) is 1.54. The summed E-state index contributed by atoms with van der Waals surface area (Å²) >= 11 is 5.81. The van der Waals surface area contributed by atoms with Gasteiger partial charge in [0.05, 0.1) is 11.3 Å². The fraction of sp³-hybridized carbons (Fsp3) is 0.273. The van der Waals surface area contributed by atoms with Crippen LogP contribution in [0.5, 0.6) is 0 Å². The molecule has 0 bridgehead atoms. The maximum atomic E-state index is 11.1. The quantitative estimate of drug-likeness (QED) is 0.867.